The summed E-state index contributed by atoms with van der Waals surface area (Å²) in [4.78, 5) is 30.8. The monoisotopic (exact) mass is 507 g/mol. The van der Waals surface area contributed by atoms with Gasteiger partial charge in [0, 0.05) is 54.7 Å². The Labute approximate surface area is 213 Å². The second-order valence-electron chi connectivity index (χ2n) is 8.41. The molecular weight excluding hydrogens is 485 g/mol. The summed E-state index contributed by atoms with van der Waals surface area (Å²) in [5.41, 5.74) is 4.68. The van der Waals surface area contributed by atoms with E-state index in [1.807, 2.05) is 36.1 Å². The maximum Gasteiger partial charge on any atom is 0.257 e. The molecule has 0 unspecified atom stereocenters. The van der Waals surface area contributed by atoms with Crippen LogP contribution in [0.4, 0.5) is 5.82 Å². The van der Waals surface area contributed by atoms with E-state index in [0.29, 0.717) is 53.2 Å². The lowest BCUT2D eigenvalue weighted by molar-refractivity contribution is 0.0744. The molecule has 0 bridgehead atoms. The summed E-state index contributed by atoms with van der Waals surface area (Å²) in [6, 6.07) is 9.26. The zero-order valence-electron chi connectivity index (χ0n) is 19.3. The summed E-state index contributed by atoms with van der Waals surface area (Å²) >= 11 is 12.7. The topological polar surface area (TPSA) is 75.4 Å². The van der Waals surface area contributed by atoms with Crippen LogP contribution in [0.3, 0.4) is 0 Å². The number of aryl methyl sites for hydroxylation is 2. The van der Waals surface area contributed by atoms with Gasteiger partial charge >= 0.3 is 0 Å². The van der Waals surface area contributed by atoms with Crippen molar-refractivity contribution in [3.63, 3.8) is 0 Å². The first-order valence-electron chi connectivity index (χ1n) is 11.2. The molecule has 4 aromatic rings. The van der Waals surface area contributed by atoms with E-state index >= 15 is 0 Å². The molecule has 1 aliphatic rings. The lowest BCUT2D eigenvalue weighted by Crippen LogP contribution is -2.49. The number of carbonyl (C=O) groups is 1. The number of pyridine rings is 1. The van der Waals surface area contributed by atoms with Crippen LogP contribution in [-0.2, 0) is 0 Å². The SMILES string of the molecule is Cc1cc(Cl)ccc1-c1ncc(N2CCN(C(=O)c3ccoc3C)CC2)nc1-c1ccncc1Cl. The van der Waals surface area contributed by atoms with Gasteiger partial charge in [-0.2, -0.15) is 0 Å². The second-order valence-corrected chi connectivity index (χ2v) is 9.25. The third-order valence-electron chi connectivity index (χ3n) is 6.21. The molecule has 0 atom stereocenters. The van der Waals surface area contributed by atoms with Gasteiger partial charge in [-0.25, -0.2) is 4.98 Å². The molecule has 0 N–H and O–H groups in total. The van der Waals surface area contributed by atoms with E-state index in [4.69, 9.17) is 37.6 Å². The summed E-state index contributed by atoms with van der Waals surface area (Å²) in [6.45, 7) is 6.23. The van der Waals surface area contributed by atoms with Gasteiger partial charge in [0.2, 0.25) is 0 Å². The Morgan fingerprint density at radius 1 is 0.971 bits per heavy atom. The molecule has 1 saturated heterocycles. The number of halogens is 2. The van der Waals surface area contributed by atoms with Crippen LogP contribution in [0.5, 0.6) is 0 Å². The first-order valence-corrected chi connectivity index (χ1v) is 12.0. The Morgan fingerprint density at radius 3 is 2.46 bits per heavy atom. The van der Waals surface area contributed by atoms with E-state index < -0.39 is 0 Å². The van der Waals surface area contributed by atoms with Crippen molar-refractivity contribution < 1.29 is 9.21 Å². The van der Waals surface area contributed by atoms with Gasteiger partial charge in [-0.3, -0.25) is 14.8 Å². The van der Waals surface area contributed by atoms with Crippen LogP contribution in [0.25, 0.3) is 22.5 Å². The van der Waals surface area contributed by atoms with E-state index in [1.54, 1.807) is 37.8 Å². The molecule has 7 nitrogen and oxygen atoms in total. The zero-order chi connectivity index (χ0) is 24.5. The number of hydrogen-bond acceptors (Lipinski definition) is 6. The van der Waals surface area contributed by atoms with Crippen LogP contribution in [0.15, 0.2) is 59.6 Å². The van der Waals surface area contributed by atoms with Gasteiger partial charge in [0.25, 0.3) is 5.91 Å². The normalized spacial score (nSPS) is 13.8. The lowest BCUT2D eigenvalue weighted by Gasteiger charge is -2.35. The average molecular weight is 508 g/mol. The summed E-state index contributed by atoms with van der Waals surface area (Å²) < 4.78 is 5.30. The van der Waals surface area contributed by atoms with Gasteiger partial charge in [-0.15, -0.1) is 0 Å². The number of carbonyl (C=O) groups excluding carboxylic acids is 1. The molecule has 4 heterocycles. The Hall–Kier alpha value is -3.42. The highest BCUT2D eigenvalue weighted by atomic mass is 35.5. The highest BCUT2D eigenvalue weighted by Crippen LogP contribution is 2.36. The summed E-state index contributed by atoms with van der Waals surface area (Å²) in [5, 5.41) is 1.16. The number of benzene rings is 1. The summed E-state index contributed by atoms with van der Waals surface area (Å²) in [7, 11) is 0. The third-order valence-corrected chi connectivity index (χ3v) is 6.75. The highest BCUT2D eigenvalue weighted by Gasteiger charge is 2.26. The number of nitrogens with zero attached hydrogens (tertiary/aromatic N) is 5. The van der Waals surface area contributed by atoms with Gasteiger partial charge in [0.1, 0.15) is 17.3 Å². The van der Waals surface area contributed by atoms with Crippen LogP contribution >= 0.6 is 23.2 Å². The number of amides is 1. The molecule has 1 aliphatic heterocycles. The highest BCUT2D eigenvalue weighted by molar-refractivity contribution is 6.33. The van der Waals surface area contributed by atoms with Crippen LogP contribution in [0.2, 0.25) is 10.0 Å². The second kappa shape index (κ2) is 9.68. The predicted octanol–water partition coefficient (Wildman–Crippen LogP) is 5.68. The fourth-order valence-electron chi connectivity index (χ4n) is 4.29. The van der Waals surface area contributed by atoms with Gasteiger partial charge in [-0.05, 0) is 43.7 Å². The third kappa shape index (κ3) is 4.61. The maximum atomic E-state index is 12.8. The molecule has 9 heteroatoms. The van der Waals surface area contributed by atoms with Crippen molar-refractivity contribution in [2.24, 2.45) is 0 Å². The molecule has 0 saturated carbocycles. The minimum Gasteiger partial charge on any atom is -0.469 e. The summed E-state index contributed by atoms with van der Waals surface area (Å²) in [6.07, 6.45) is 6.62. The van der Waals surface area contributed by atoms with Gasteiger partial charge < -0.3 is 14.2 Å². The van der Waals surface area contributed by atoms with E-state index in [-0.39, 0.29) is 5.91 Å². The molecule has 0 spiro atoms. The zero-order valence-corrected chi connectivity index (χ0v) is 20.8. The minimum atomic E-state index is -0.0141. The Bertz CT molecular complexity index is 1400. The van der Waals surface area contributed by atoms with Crippen molar-refractivity contribution in [2.45, 2.75) is 13.8 Å². The fraction of sp³-hybridized carbons (Fsp3) is 0.231. The number of anilines is 1. The number of piperazine rings is 1. The Kier molecular flexibility index (Phi) is 6.45. The maximum absolute atomic E-state index is 12.8. The molecule has 1 aromatic carbocycles. The van der Waals surface area contributed by atoms with Crippen molar-refractivity contribution in [3.8, 4) is 22.5 Å². The molecule has 0 aliphatic carbocycles. The number of furan rings is 1. The van der Waals surface area contributed by atoms with Crippen molar-refractivity contribution in [2.75, 3.05) is 31.1 Å². The van der Waals surface area contributed by atoms with Crippen LogP contribution < -0.4 is 4.90 Å². The predicted molar refractivity (Wildman–Crippen MR) is 137 cm³/mol. The molecule has 178 valence electrons. The number of hydrogen-bond donors (Lipinski definition) is 0. The fourth-order valence-corrected chi connectivity index (χ4v) is 4.73. The number of rotatable bonds is 4. The largest absolute Gasteiger partial charge is 0.469 e. The van der Waals surface area contributed by atoms with Gasteiger partial charge in [0.05, 0.1) is 28.7 Å². The first-order chi connectivity index (χ1) is 16.9. The van der Waals surface area contributed by atoms with Crippen LogP contribution in [0.1, 0.15) is 21.7 Å². The standard InChI is InChI=1S/C26H23Cl2N5O2/c1-16-13-18(27)3-4-19(16)24-25(21-5-7-29-14-22(21)28)31-23(15-30-24)32-8-10-33(11-9-32)26(34)20-6-12-35-17(20)2/h3-7,12-15H,8-11H2,1-2H3. The number of aromatic nitrogens is 3. The Balaban J connectivity index is 1.46. The van der Waals surface area contributed by atoms with Crippen molar-refractivity contribution >= 4 is 34.9 Å². The van der Waals surface area contributed by atoms with Gasteiger partial charge in [-0.1, -0.05) is 29.3 Å². The van der Waals surface area contributed by atoms with Crippen molar-refractivity contribution in [1.29, 1.82) is 0 Å². The van der Waals surface area contributed by atoms with E-state index in [2.05, 4.69) is 9.88 Å². The van der Waals surface area contributed by atoms with E-state index in [0.717, 1.165) is 28.2 Å². The molecule has 1 amide bonds. The quantitative estimate of drug-likeness (QED) is 0.353. The molecular formula is C26H23Cl2N5O2. The van der Waals surface area contributed by atoms with Crippen LogP contribution in [0, 0.1) is 13.8 Å². The lowest BCUT2D eigenvalue weighted by atomic mass is 10.0. The Morgan fingerprint density at radius 2 is 1.77 bits per heavy atom. The van der Waals surface area contributed by atoms with Crippen molar-refractivity contribution in [3.05, 3.63) is 82.1 Å². The minimum absolute atomic E-state index is 0.0141. The average Bonchev–Trinajstić information content (AvgIpc) is 3.30. The summed E-state index contributed by atoms with van der Waals surface area (Å²) in [5.74, 6) is 1.35. The van der Waals surface area contributed by atoms with E-state index in [1.165, 1.54) is 0 Å². The van der Waals surface area contributed by atoms with E-state index in [9.17, 15) is 4.79 Å². The van der Waals surface area contributed by atoms with Crippen molar-refractivity contribution in [1.82, 2.24) is 19.9 Å². The first kappa shape index (κ1) is 23.3. The molecule has 35 heavy (non-hydrogen) atoms. The molecule has 0 radical (unpaired) electrons. The molecule has 5 rings (SSSR count). The molecule has 1 fully saturated rings. The smallest absolute Gasteiger partial charge is 0.257 e. The molecule has 3 aromatic heterocycles. The van der Waals surface area contributed by atoms with Crippen LogP contribution in [-0.4, -0.2) is 51.9 Å². The van der Waals surface area contributed by atoms with Gasteiger partial charge in [0.15, 0.2) is 0 Å².